The van der Waals surface area contributed by atoms with E-state index in [0.717, 1.165) is 6.39 Å². The molecule has 0 spiro atoms. The Balaban J connectivity index is 1.92. The summed E-state index contributed by atoms with van der Waals surface area (Å²) in [5.41, 5.74) is -0.0980. The number of amides is 1. The number of carboxylic acids is 1. The molecule has 0 saturated carbocycles. The predicted molar refractivity (Wildman–Crippen MR) is 59.3 cm³/mol. The molecule has 0 radical (unpaired) electrons. The van der Waals surface area contributed by atoms with E-state index in [-0.39, 0.29) is 18.2 Å². The van der Waals surface area contributed by atoms with Crippen LogP contribution < -0.4 is 0 Å². The highest BCUT2D eigenvalue weighted by molar-refractivity contribution is 5.86. The Bertz CT molecular complexity index is 476. The molecular weight excluding hydrogens is 240 g/mol. The van der Waals surface area contributed by atoms with E-state index < -0.39 is 12.1 Å². The van der Waals surface area contributed by atoms with Gasteiger partial charge in [-0.05, 0) is 0 Å². The van der Waals surface area contributed by atoms with Gasteiger partial charge in [-0.25, -0.2) is 14.6 Å². The van der Waals surface area contributed by atoms with Crippen molar-refractivity contribution in [1.82, 2.24) is 9.88 Å². The molecule has 0 unspecified atom stereocenters. The Morgan fingerprint density at radius 2 is 2.39 bits per heavy atom. The fourth-order valence-electron chi connectivity index (χ4n) is 1.72. The van der Waals surface area contributed by atoms with Gasteiger partial charge in [0.1, 0.15) is 12.4 Å². The van der Waals surface area contributed by atoms with Crippen LogP contribution >= 0.6 is 0 Å². The van der Waals surface area contributed by atoms with Gasteiger partial charge < -0.3 is 19.2 Å². The predicted octanol–water partition coefficient (Wildman–Crippen LogP) is 1.09. The van der Waals surface area contributed by atoms with Crippen molar-refractivity contribution in [3.05, 3.63) is 30.5 Å². The molecule has 0 bridgehead atoms. The van der Waals surface area contributed by atoms with E-state index in [1.54, 1.807) is 0 Å². The van der Waals surface area contributed by atoms with E-state index >= 15 is 0 Å². The number of oxazole rings is 1. The molecule has 1 saturated heterocycles. The van der Waals surface area contributed by atoms with Crippen molar-refractivity contribution in [2.45, 2.75) is 5.92 Å². The number of aromatic nitrogens is 1. The lowest BCUT2D eigenvalue weighted by Crippen LogP contribution is -2.48. The summed E-state index contributed by atoms with van der Waals surface area (Å²) in [5, 5.41) is 8.88. The minimum atomic E-state index is -1.13. The van der Waals surface area contributed by atoms with Crippen LogP contribution in [0.2, 0.25) is 0 Å². The zero-order valence-corrected chi connectivity index (χ0v) is 9.54. The SMILES string of the molecule is C=CCOC(=O)N1CC(c2ocnc2C(=O)O)C1. The second kappa shape index (κ2) is 4.91. The first kappa shape index (κ1) is 12.2. The molecule has 2 rings (SSSR count). The van der Waals surface area contributed by atoms with Gasteiger partial charge in [0, 0.05) is 13.1 Å². The Kier molecular flexibility index (Phi) is 3.31. The second-order valence-electron chi connectivity index (χ2n) is 3.84. The average Bonchev–Trinajstić information content (AvgIpc) is 2.73. The van der Waals surface area contributed by atoms with E-state index in [0.29, 0.717) is 18.8 Å². The Morgan fingerprint density at radius 3 is 3.00 bits per heavy atom. The maximum atomic E-state index is 11.4. The van der Waals surface area contributed by atoms with Crippen LogP contribution in [0.1, 0.15) is 22.2 Å². The number of rotatable bonds is 4. The smallest absolute Gasteiger partial charge is 0.410 e. The van der Waals surface area contributed by atoms with E-state index in [1.807, 2.05) is 0 Å². The Morgan fingerprint density at radius 1 is 1.67 bits per heavy atom. The van der Waals surface area contributed by atoms with E-state index in [1.165, 1.54) is 11.0 Å². The topological polar surface area (TPSA) is 92.9 Å². The van der Waals surface area contributed by atoms with Crippen LogP contribution in [0.15, 0.2) is 23.5 Å². The highest BCUT2D eigenvalue weighted by Gasteiger charge is 2.37. The fraction of sp³-hybridized carbons (Fsp3) is 0.364. The van der Waals surface area contributed by atoms with Gasteiger partial charge in [-0.15, -0.1) is 0 Å². The van der Waals surface area contributed by atoms with Gasteiger partial charge in [-0.2, -0.15) is 0 Å². The van der Waals surface area contributed by atoms with Crippen LogP contribution in [0.5, 0.6) is 0 Å². The van der Waals surface area contributed by atoms with Gasteiger partial charge in [-0.3, -0.25) is 0 Å². The fourth-order valence-corrected chi connectivity index (χ4v) is 1.72. The number of carbonyl (C=O) groups is 2. The number of nitrogens with zero attached hydrogens (tertiary/aromatic N) is 2. The quantitative estimate of drug-likeness (QED) is 0.806. The standard InChI is InChI=1S/C11H12N2O5/c1-2-3-17-11(16)13-4-7(5-13)9-8(10(14)15)12-6-18-9/h2,6-7H,1,3-5H2,(H,14,15). The highest BCUT2D eigenvalue weighted by atomic mass is 16.6. The van der Waals surface area contributed by atoms with Crippen LogP contribution in [0.3, 0.4) is 0 Å². The summed E-state index contributed by atoms with van der Waals surface area (Å²) >= 11 is 0. The summed E-state index contributed by atoms with van der Waals surface area (Å²) in [6, 6.07) is 0. The first-order valence-electron chi connectivity index (χ1n) is 5.32. The normalized spacial score (nSPS) is 15.0. The van der Waals surface area contributed by atoms with Gasteiger partial charge in [0.25, 0.3) is 0 Å². The number of ether oxygens (including phenoxy) is 1. The van der Waals surface area contributed by atoms with Crippen molar-refractivity contribution < 1.29 is 23.8 Å². The molecule has 1 aromatic rings. The maximum Gasteiger partial charge on any atom is 0.410 e. The Labute approximate surface area is 103 Å². The Hall–Kier alpha value is -2.31. The summed E-state index contributed by atoms with van der Waals surface area (Å²) in [6.07, 6.45) is 2.13. The van der Waals surface area contributed by atoms with Crippen molar-refractivity contribution in [2.75, 3.05) is 19.7 Å². The zero-order valence-electron chi connectivity index (χ0n) is 9.54. The lowest BCUT2D eigenvalue weighted by atomic mass is 9.96. The van der Waals surface area contributed by atoms with E-state index in [2.05, 4.69) is 11.6 Å². The number of aromatic carboxylic acids is 1. The third-order valence-electron chi connectivity index (χ3n) is 2.63. The van der Waals surface area contributed by atoms with Crippen molar-refractivity contribution >= 4 is 12.1 Å². The van der Waals surface area contributed by atoms with Gasteiger partial charge >= 0.3 is 12.1 Å². The summed E-state index contributed by atoms with van der Waals surface area (Å²) in [6.45, 7) is 4.33. The molecule has 1 fully saturated rings. The summed E-state index contributed by atoms with van der Waals surface area (Å²) in [4.78, 5) is 27.3. The van der Waals surface area contributed by atoms with E-state index in [9.17, 15) is 9.59 Å². The molecule has 0 aromatic carbocycles. The van der Waals surface area contributed by atoms with Crippen LogP contribution in [0.4, 0.5) is 4.79 Å². The van der Waals surface area contributed by atoms with Crippen molar-refractivity contribution in [3.8, 4) is 0 Å². The first-order valence-corrected chi connectivity index (χ1v) is 5.32. The number of hydrogen-bond acceptors (Lipinski definition) is 5. The minimum Gasteiger partial charge on any atom is -0.476 e. The monoisotopic (exact) mass is 252 g/mol. The molecule has 1 amide bonds. The van der Waals surface area contributed by atoms with Crippen molar-refractivity contribution in [3.63, 3.8) is 0 Å². The number of carboxylic acid groups (broad SMARTS) is 1. The minimum absolute atomic E-state index is 0.0980. The van der Waals surface area contributed by atoms with Crippen molar-refractivity contribution in [1.29, 1.82) is 0 Å². The van der Waals surface area contributed by atoms with Gasteiger partial charge in [0.15, 0.2) is 12.1 Å². The lowest BCUT2D eigenvalue weighted by molar-refractivity contribution is 0.0669. The van der Waals surface area contributed by atoms with Gasteiger partial charge in [0.05, 0.1) is 5.92 Å². The molecule has 0 aliphatic carbocycles. The van der Waals surface area contributed by atoms with Crippen LogP contribution in [0.25, 0.3) is 0 Å². The van der Waals surface area contributed by atoms with E-state index in [4.69, 9.17) is 14.3 Å². The van der Waals surface area contributed by atoms with Gasteiger partial charge in [0.2, 0.25) is 0 Å². The number of hydrogen-bond donors (Lipinski definition) is 1. The summed E-state index contributed by atoms with van der Waals surface area (Å²) in [5.74, 6) is -0.975. The van der Waals surface area contributed by atoms with Crippen LogP contribution in [0, 0.1) is 0 Å². The average molecular weight is 252 g/mol. The van der Waals surface area contributed by atoms with Crippen molar-refractivity contribution in [2.24, 2.45) is 0 Å². The molecule has 1 N–H and O–H groups in total. The molecule has 2 heterocycles. The highest BCUT2D eigenvalue weighted by Crippen LogP contribution is 2.29. The summed E-state index contributed by atoms with van der Waals surface area (Å²) in [7, 11) is 0. The third-order valence-corrected chi connectivity index (χ3v) is 2.63. The summed E-state index contributed by atoms with van der Waals surface area (Å²) < 4.78 is 9.90. The molecule has 18 heavy (non-hydrogen) atoms. The lowest BCUT2D eigenvalue weighted by Gasteiger charge is -2.36. The molecule has 7 nitrogen and oxygen atoms in total. The zero-order chi connectivity index (χ0) is 13.1. The maximum absolute atomic E-state index is 11.4. The van der Waals surface area contributed by atoms with Gasteiger partial charge in [-0.1, -0.05) is 12.7 Å². The third kappa shape index (κ3) is 2.20. The molecule has 0 atom stereocenters. The number of carbonyl (C=O) groups excluding carboxylic acids is 1. The van der Waals surface area contributed by atoms with Crippen LogP contribution in [-0.4, -0.2) is 46.7 Å². The second-order valence-corrected chi connectivity index (χ2v) is 3.84. The largest absolute Gasteiger partial charge is 0.476 e. The molecule has 1 aromatic heterocycles. The molecule has 1 aliphatic rings. The van der Waals surface area contributed by atoms with Crippen LogP contribution in [-0.2, 0) is 4.74 Å². The molecule has 1 aliphatic heterocycles. The molecular formula is C11H12N2O5. The first-order chi connectivity index (χ1) is 8.63. The number of likely N-dealkylation sites (tertiary alicyclic amines) is 1. The molecule has 7 heteroatoms. The molecule has 96 valence electrons.